The standard InChI is InChI=1S/C22H31ClN2/c1-4-25(5-2)17-16-24-15-14-18(3)19-6-8-20(9-7-19)21-10-12-22(23)13-11-21/h6-13,18,24H,4-5,14-17H2,1-3H3. The molecule has 1 atom stereocenters. The maximum Gasteiger partial charge on any atom is 0.0406 e. The Bertz CT molecular complexity index is 603. The van der Waals surface area contributed by atoms with Gasteiger partial charge in [-0.15, -0.1) is 0 Å². The Labute approximate surface area is 158 Å². The summed E-state index contributed by atoms with van der Waals surface area (Å²) in [4.78, 5) is 2.45. The van der Waals surface area contributed by atoms with Gasteiger partial charge in [0.15, 0.2) is 0 Å². The summed E-state index contributed by atoms with van der Waals surface area (Å²) in [5.74, 6) is 0.570. The fraction of sp³-hybridized carbons (Fsp3) is 0.455. The molecular weight excluding hydrogens is 328 g/mol. The summed E-state index contributed by atoms with van der Waals surface area (Å²) in [5, 5.41) is 4.35. The lowest BCUT2D eigenvalue weighted by atomic mass is 9.95. The minimum atomic E-state index is 0.570. The van der Waals surface area contributed by atoms with E-state index in [0.717, 1.165) is 37.7 Å². The van der Waals surface area contributed by atoms with E-state index in [2.05, 4.69) is 67.4 Å². The van der Waals surface area contributed by atoms with Crippen LogP contribution in [0.15, 0.2) is 48.5 Å². The molecule has 2 nitrogen and oxygen atoms in total. The van der Waals surface area contributed by atoms with Gasteiger partial charge in [0.2, 0.25) is 0 Å². The van der Waals surface area contributed by atoms with Crippen LogP contribution in [-0.2, 0) is 0 Å². The van der Waals surface area contributed by atoms with Crippen LogP contribution >= 0.6 is 11.6 Å². The Hall–Kier alpha value is -1.35. The van der Waals surface area contributed by atoms with E-state index in [1.165, 1.54) is 23.1 Å². The average Bonchev–Trinajstić information content (AvgIpc) is 2.65. The van der Waals surface area contributed by atoms with Crippen molar-refractivity contribution in [2.45, 2.75) is 33.1 Å². The Morgan fingerprint density at radius 3 is 2.00 bits per heavy atom. The molecule has 2 rings (SSSR count). The van der Waals surface area contributed by atoms with Crippen molar-refractivity contribution in [2.24, 2.45) is 0 Å². The van der Waals surface area contributed by atoms with Crippen molar-refractivity contribution in [1.82, 2.24) is 10.2 Å². The molecule has 1 N–H and O–H groups in total. The van der Waals surface area contributed by atoms with Crippen molar-refractivity contribution in [2.75, 3.05) is 32.7 Å². The van der Waals surface area contributed by atoms with Gasteiger partial charge in [0, 0.05) is 18.1 Å². The molecule has 0 heterocycles. The molecule has 0 fully saturated rings. The van der Waals surface area contributed by atoms with E-state index in [-0.39, 0.29) is 0 Å². The lowest BCUT2D eigenvalue weighted by molar-refractivity contribution is 0.302. The third-order valence-electron chi connectivity index (χ3n) is 4.91. The highest BCUT2D eigenvalue weighted by Gasteiger charge is 2.06. The first-order valence-corrected chi connectivity index (χ1v) is 9.80. The van der Waals surface area contributed by atoms with Gasteiger partial charge in [0.25, 0.3) is 0 Å². The van der Waals surface area contributed by atoms with Gasteiger partial charge in [0.1, 0.15) is 0 Å². The quantitative estimate of drug-likeness (QED) is 0.569. The molecule has 0 saturated heterocycles. The summed E-state index contributed by atoms with van der Waals surface area (Å²) in [6, 6.07) is 17.0. The zero-order chi connectivity index (χ0) is 18.1. The monoisotopic (exact) mass is 358 g/mol. The van der Waals surface area contributed by atoms with Gasteiger partial charge in [-0.05, 0) is 60.8 Å². The second-order valence-electron chi connectivity index (χ2n) is 6.60. The van der Waals surface area contributed by atoms with Gasteiger partial charge in [-0.1, -0.05) is 68.8 Å². The third-order valence-corrected chi connectivity index (χ3v) is 5.16. The van der Waals surface area contributed by atoms with Crippen LogP contribution in [0.25, 0.3) is 11.1 Å². The molecular formula is C22H31ClN2. The summed E-state index contributed by atoms with van der Waals surface area (Å²) in [6.07, 6.45) is 1.17. The highest BCUT2D eigenvalue weighted by molar-refractivity contribution is 6.30. The average molecular weight is 359 g/mol. The molecule has 0 aliphatic carbocycles. The van der Waals surface area contributed by atoms with Gasteiger partial charge >= 0.3 is 0 Å². The normalized spacial score (nSPS) is 12.5. The fourth-order valence-electron chi connectivity index (χ4n) is 3.03. The summed E-state index contributed by atoms with van der Waals surface area (Å²) in [7, 11) is 0. The van der Waals surface area contributed by atoms with Crippen molar-refractivity contribution in [3.05, 3.63) is 59.1 Å². The van der Waals surface area contributed by atoms with Crippen molar-refractivity contribution >= 4 is 11.6 Å². The predicted molar refractivity (Wildman–Crippen MR) is 111 cm³/mol. The van der Waals surface area contributed by atoms with Gasteiger partial charge in [-0.2, -0.15) is 0 Å². The molecule has 0 aliphatic rings. The van der Waals surface area contributed by atoms with E-state index in [0.29, 0.717) is 5.92 Å². The minimum absolute atomic E-state index is 0.570. The van der Waals surface area contributed by atoms with Crippen LogP contribution in [-0.4, -0.2) is 37.6 Å². The second kappa shape index (κ2) is 10.6. The molecule has 0 radical (unpaired) electrons. The first-order chi connectivity index (χ1) is 12.1. The van der Waals surface area contributed by atoms with Crippen LogP contribution in [0.4, 0.5) is 0 Å². The smallest absolute Gasteiger partial charge is 0.0406 e. The number of hydrogen-bond acceptors (Lipinski definition) is 2. The van der Waals surface area contributed by atoms with Crippen LogP contribution in [0.3, 0.4) is 0 Å². The molecule has 1 unspecified atom stereocenters. The summed E-state index contributed by atoms with van der Waals surface area (Å²) >= 11 is 5.96. The molecule has 2 aromatic rings. The fourth-order valence-corrected chi connectivity index (χ4v) is 3.16. The Morgan fingerprint density at radius 1 is 0.880 bits per heavy atom. The number of nitrogens with one attached hydrogen (secondary N) is 1. The van der Waals surface area contributed by atoms with Gasteiger partial charge < -0.3 is 10.2 Å². The first-order valence-electron chi connectivity index (χ1n) is 9.43. The Balaban J connectivity index is 1.78. The van der Waals surface area contributed by atoms with E-state index >= 15 is 0 Å². The summed E-state index contributed by atoms with van der Waals surface area (Å²) in [6.45, 7) is 12.3. The molecule has 3 heteroatoms. The Kier molecular flexibility index (Phi) is 8.47. The lowest BCUT2D eigenvalue weighted by Crippen LogP contribution is -2.32. The Morgan fingerprint density at radius 2 is 1.44 bits per heavy atom. The van der Waals surface area contributed by atoms with E-state index < -0.39 is 0 Å². The van der Waals surface area contributed by atoms with Crippen molar-refractivity contribution in [3.8, 4) is 11.1 Å². The molecule has 136 valence electrons. The third kappa shape index (κ3) is 6.47. The molecule has 0 spiro atoms. The highest BCUT2D eigenvalue weighted by Crippen LogP contribution is 2.25. The summed E-state index contributed by atoms with van der Waals surface area (Å²) in [5.41, 5.74) is 3.86. The van der Waals surface area contributed by atoms with Gasteiger partial charge in [0.05, 0.1) is 0 Å². The van der Waals surface area contributed by atoms with Crippen molar-refractivity contribution in [1.29, 1.82) is 0 Å². The van der Waals surface area contributed by atoms with Crippen LogP contribution in [0.2, 0.25) is 5.02 Å². The number of nitrogens with zero attached hydrogens (tertiary/aromatic N) is 1. The molecule has 0 bridgehead atoms. The number of hydrogen-bond donors (Lipinski definition) is 1. The van der Waals surface area contributed by atoms with Crippen LogP contribution in [0, 0.1) is 0 Å². The number of rotatable bonds is 10. The molecule has 0 amide bonds. The highest BCUT2D eigenvalue weighted by atomic mass is 35.5. The zero-order valence-electron chi connectivity index (χ0n) is 15.8. The van der Waals surface area contributed by atoms with E-state index in [1.807, 2.05) is 12.1 Å². The molecule has 0 saturated carbocycles. The van der Waals surface area contributed by atoms with Crippen molar-refractivity contribution < 1.29 is 0 Å². The zero-order valence-corrected chi connectivity index (χ0v) is 16.5. The number of halogens is 1. The SMILES string of the molecule is CCN(CC)CCNCCC(C)c1ccc(-c2ccc(Cl)cc2)cc1. The lowest BCUT2D eigenvalue weighted by Gasteiger charge is -2.18. The maximum absolute atomic E-state index is 5.96. The number of likely N-dealkylation sites (N-methyl/N-ethyl adjacent to an activating group) is 1. The van der Waals surface area contributed by atoms with E-state index in [4.69, 9.17) is 11.6 Å². The maximum atomic E-state index is 5.96. The van der Waals surface area contributed by atoms with Crippen LogP contribution < -0.4 is 5.32 Å². The van der Waals surface area contributed by atoms with Crippen molar-refractivity contribution in [3.63, 3.8) is 0 Å². The first kappa shape index (κ1) is 20.0. The second-order valence-corrected chi connectivity index (χ2v) is 7.03. The number of benzene rings is 2. The molecule has 0 aliphatic heterocycles. The molecule has 0 aromatic heterocycles. The largest absolute Gasteiger partial charge is 0.315 e. The molecule has 2 aromatic carbocycles. The summed E-state index contributed by atoms with van der Waals surface area (Å²) < 4.78 is 0. The van der Waals surface area contributed by atoms with E-state index in [1.54, 1.807) is 0 Å². The van der Waals surface area contributed by atoms with Crippen LogP contribution in [0.1, 0.15) is 38.7 Å². The van der Waals surface area contributed by atoms with Crippen LogP contribution in [0.5, 0.6) is 0 Å². The van der Waals surface area contributed by atoms with Gasteiger partial charge in [-0.3, -0.25) is 0 Å². The molecule has 25 heavy (non-hydrogen) atoms. The van der Waals surface area contributed by atoms with Gasteiger partial charge in [-0.25, -0.2) is 0 Å². The topological polar surface area (TPSA) is 15.3 Å². The minimum Gasteiger partial charge on any atom is -0.315 e. The predicted octanol–water partition coefficient (Wildman–Crippen LogP) is 5.43. The van der Waals surface area contributed by atoms with E-state index in [9.17, 15) is 0 Å².